The van der Waals surface area contributed by atoms with E-state index in [0.717, 1.165) is 46.0 Å². The molecule has 3 aromatic carbocycles. The molecule has 0 aromatic heterocycles. The molecule has 3 aromatic rings. The van der Waals surface area contributed by atoms with Crippen LogP contribution in [0.4, 0.5) is 16.2 Å². The van der Waals surface area contributed by atoms with Crippen molar-refractivity contribution in [1.82, 2.24) is 4.90 Å². The van der Waals surface area contributed by atoms with Gasteiger partial charge >= 0.3 is 30.9 Å². The first-order chi connectivity index (χ1) is 16.2. The van der Waals surface area contributed by atoms with E-state index in [-0.39, 0.29) is 35.4 Å². The summed E-state index contributed by atoms with van der Waals surface area (Å²) in [6, 6.07) is 13.7. The van der Waals surface area contributed by atoms with Gasteiger partial charge in [0.15, 0.2) is 0 Å². The standard InChI is InChI=1S/C27H29N3O4.Li.2H2O/c1-16-12-17(2)24(18(3)13-16)29-27(34)28-22-15-20-9-5-4-8-19(20)14-21(22)25(31)30-11-7-6-10-23(30)26(32)33;;;/h4-5,8-9,12-15,23H,6-7,10-11H2,1-3H3,(H,32,33)(H2,28,29,34);;2*1H2/q;+1;;/p-1/t23-;;;/m0.../s1. The molecule has 1 aliphatic heterocycles. The number of hydrogen-bond acceptors (Lipinski definition) is 4. The Kier molecular flexibility index (Phi) is 11.4. The van der Waals surface area contributed by atoms with Crippen LogP contribution in [-0.4, -0.2) is 51.5 Å². The monoisotopic (exact) mass is 501 g/mol. The molecule has 0 aliphatic carbocycles. The summed E-state index contributed by atoms with van der Waals surface area (Å²) in [5.74, 6) is -1.40. The van der Waals surface area contributed by atoms with Gasteiger partial charge in [0.05, 0.1) is 11.3 Å². The maximum Gasteiger partial charge on any atom is 1.00 e. The maximum absolute atomic E-state index is 13.6. The summed E-state index contributed by atoms with van der Waals surface area (Å²) in [6.07, 6.45) is 1.93. The summed E-state index contributed by atoms with van der Waals surface area (Å²) in [6.45, 7) is 6.24. The van der Waals surface area contributed by atoms with Crippen LogP contribution in [0.1, 0.15) is 46.3 Å². The van der Waals surface area contributed by atoms with Gasteiger partial charge in [-0.1, -0.05) is 42.0 Å². The minimum atomic E-state index is -1.01. The summed E-state index contributed by atoms with van der Waals surface area (Å²) in [7, 11) is 0. The molecule has 0 unspecified atom stereocenters. The van der Waals surface area contributed by atoms with Gasteiger partial charge in [-0.3, -0.25) is 4.79 Å². The van der Waals surface area contributed by atoms with Crippen LogP contribution in [0.15, 0.2) is 48.5 Å². The molecule has 0 saturated carbocycles. The number of anilines is 2. The Hall–Kier alpha value is -3.35. The average molecular weight is 502 g/mol. The second-order valence-electron chi connectivity index (χ2n) is 8.95. The molecule has 10 heteroatoms. The Morgan fingerprint density at radius 3 is 2.11 bits per heavy atom. The summed E-state index contributed by atoms with van der Waals surface area (Å²) in [5.41, 5.74) is 4.34. The quantitative estimate of drug-likeness (QED) is 0.461. The number of hydrogen-bond donors (Lipinski definition) is 3. The number of aryl methyl sites for hydroxylation is 3. The Morgan fingerprint density at radius 2 is 1.51 bits per heavy atom. The van der Waals surface area contributed by atoms with Crippen molar-refractivity contribution in [3.63, 3.8) is 0 Å². The molecule has 1 aliphatic rings. The molecule has 6 N–H and O–H groups in total. The zero-order chi connectivity index (χ0) is 24.4. The predicted molar refractivity (Wildman–Crippen MR) is 139 cm³/mol. The fraction of sp³-hybridized carbons (Fsp3) is 0.296. The number of fused-ring (bicyclic) bond motifs is 1. The van der Waals surface area contributed by atoms with E-state index in [9.17, 15) is 19.5 Å². The van der Waals surface area contributed by atoms with E-state index in [1.165, 1.54) is 4.90 Å². The molecule has 192 valence electrons. The molecular formula is C27H32LiN3O6. The van der Waals surface area contributed by atoms with Crippen molar-refractivity contribution in [3.8, 4) is 0 Å². The van der Waals surface area contributed by atoms with E-state index in [4.69, 9.17) is 0 Å². The van der Waals surface area contributed by atoms with Crippen LogP contribution in [0, 0.1) is 20.8 Å². The van der Waals surface area contributed by atoms with Crippen molar-refractivity contribution in [2.45, 2.75) is 46.1 Å². The fourth-order valence-electron chi connectivity index (χ4n) is 4.75. The number of urea groups is 1. The summed E-state index contributed by atoms with van der Waals surface area (Å²) >= 11 is 0. The van der Waals surface area contributed by atoms with Gasteiger partial charge < -0.3 is 31.6 Å². The van der Waals surface area contributed by atoms with E-state index in [1.54, 1.807) is 12.1 Å². The van der Waals surface area contributed by atoms with Gasteiger partial charge in [0.25, 0.3) is 5.91 Å². The molecular weight excluding hydrogens is 469 g/mol. The Morgan fingerprint density at radius 1 is 0.919 bits per heavy atom. The van der Waals surface area contributed by atoms with Crippen LogP contribution in [-0.2, 0) is 4.79 Å². The predicted octanol–water partition coefficient (Wildman–Crippen LogP) is 1.49. The van der Waals surface area contributed by atoms with Crippen LogP contribution in [0.3, 0.4) is 0 Å². The largest absolute Gasteiger partial charge is 1.00 e. The first-order valence-electron chi connectivity index (χ1n) is 11.5. The zero-order valence-corrected chi connectivity index (χ0v) is 21.6. The van der Waals surface area contributed by atoms with Gasteiger partial charge in [-0.15, -0.1) is 0 Å². The number of amides is 3. The fourth-order valence-corrected chi connectivity index (χ4v) is 4.75. The molecule has 4 rings (SSSR count). The topological polar surface area (TPSA) is 160 Å². The van der Waals surface area contributed by atoms with Gasteiger partial charge in [-0.05, 0) is 74.1 Å². The molecule has 37 heavy (non-hydrogen) atoms. The first-order valence-corrected chi connectivity index (χ1v) is 11.5. The summed E-state index contributed by atoms with van der Waals surface area (Å²) in [5, 5.41) is 17.1. The Balaban J connectivity index is 0.00000228. The van der Waals surface area contributed by atoms with Crippen LogP contribution >= 0.6 is 0 Å². The van der Waals surface area contributed by atoms with E-state index >= 15 is 0 Å². The van der Waals surface area contributed by atoms with Crippen LogP contribution < -0.4 is 29.5 Å². The van der Waals surface area contributed by atoms with Gasteiger partial charge in [0.2, 0.25) is 0 Å². The smallest absolute Gasteiger partial charge is 0.870 e. The van der Waals surface area contributed by atoms with Crippen molar-refractivity contribution in [2.75, 3.05) is 17.2 Å². The average Bonchev–Trinajstić information content (AvgIpc) is 2.80. The van der Waals surface area contributed by atoms with Gasteiger partial charge in [0.1, 0.15) is 6.04 Å². The van der Waals surface area contributed by atoms with Gasteiger partial charge in [-0.2, -0.15) is 0 Å². The first kappa shape index (κ1) is 31.7. The van der Waals surface area contributed by atoms with Crippen molar-refractivity contribution in [3.05, 3.63) is 70.8 Å². The van der Waals surface area contributed by atoms with Gasteiger partial charge in [0, 0.05) is 12.2 Å². The molecule has 3 amide bonds. The third-order valence-corrected chi connectivity index (χ3v) is 6.33. The second-order valence-corrected chi connectivity index (χ2v) is 8.95. The number of carbonyl (C=O) groups excluding carboxylic acids is 2. The molecule has 1 atom stereocenters. The molecule has 0 bridgehead atoms. The molecule has 1 saturated heterocycles. The third-order valence-electron chi connectivity index (χ3n) is 6.33. The number of carbonyl (C=O) groups is 3. The number of nitrogens with zero attached hydrogens (tertiary/aromatic N) is 1. The van der Waals surface area contributed by atoms with E-state index in [1.807, 2.05) is 57.2 Å². The van der Waals surface area contributed by atoms with Crippen molar-refractivity contribution in [1.29, 1.82) is 0 Å². The third kappa shape index (κ3) is 6.90. The SMILES string of the molecule is Cc1cc(C)c(NC(=O)Nc2cc3ccccc3cc2C(=O)N2CCCC[C@H]2C(=O)O)c(C)c1.O.[Li+].[OH-]. The normalized spacial score (nSPS) is 14.5. The molecule has 9 nitrogen and oxygen atoms in total. The number of likely N-dealkylation sites (tertiary alicyclic amines) is 1. The van der Waals surface area contributed by atoms with Crippen molar-refractivity contribution >= 4 is 40.1 Å². The van der Waals surface area contributed by atoms with E-state index < -0.39 is 23.9 Å². The summed E-state index contributed by atoms with van der Waals surface area (Å²) in [4.78, 5) is 39.7. The van der Waals surface area contributed by atoms with Crippen LogP contribution in [0.5, 0.6) is 0 Å². The van der Waals surface area contributed by atoms with E-state index in [0.29, 0.717) is 18.7 Å². The number of piperidine rings is 1. The number of rotatable bonds is 4. The molecule has 0 spiro atoms. The Bertz CT molecular complexity index is 1270. The molecule has 0 radical (unpaired) electrons. The second kappa shape index (κ2) is 13.3. The zero-order valence-electron chi connectivity index (χ0n) is 21.6. The van der Waals surface area contributed by atoms with Gasteiger partial charge in [-0.25, -0.2) is 9.59 Å². The summed E-state index contributed by atoms with van der Waals surface area (Å²) < 4.78 is 0. The number of nitrogens with one attached hydrogen (secondary N) is 2. The van der Waals surface area contributed by atoms with Crippen molar-refractivity contribution in [2.24, 2.45) is 0 Å². The number of carboxylic acids is 1. The van der Waals surface area contributed by atoms with E-state index in [2.05, 4.69) is 10.6 Å². The maximum atomic E-state index is 13.6. The number of carboxylic acid groups (broad SMARTS) is 1. The molecule has 1 heterocycles. The molecule has 1 fully saturated rings. The number of aliphatic carboxylic acids is 1. The minimum absolute atomic E-state index is 0. The van der Waals surface area contributed by atoms with Crippen LogP contribution in [0.2, 0.25) is 0 Å². The number of benzene rings is 3. The van der Waals surface area contributed by atoms with Crippen molar-refractivity contribution < 1.29 is 49.3 Å². The Labute approximate surface area is 228 Å². The van der Waals surface area contributed by atoms with Crippen LogP contribution in [0.25, 0.3) is 10.8 Å². The minimum Gasteiger partial charge on any atom is -0.870 e.